The van der Waals surface area contributed by atoms with E-state index in [4.69, 9.17) is 12.6 Å². The van der Waals surface area contributed by atoms with E-state index in [9.17, 15) is 0 Å². The summed E-state index contributed by atoms with van der Waals surface area (Å²) >= 11 is 0. The summed E-state index contributed by atoms with van der Waals surface area (Å²) in [4.78, 5) is 0. The van der Waals surface area contributed by atoms with Crippen LogP contribution in [0.2, 0.25) is 19.6 Å². The van der Waals surface area contributed by atoms with Gasteiger partial charge in [0.25, 0.3) is 0 Å². The van der Waals surface area contributed by atoms with Gasteiger partial charge >= 0.3 is 0 Å². The number of furan rings is 1. The molecule has 3 heteroatoms. The standard InChI is InChI=1S/C38H36NOSi/c1-23-8-17-32-33-19-13-27-9-10-29-21-28(26-11-15-30(16-12-26)41(5,6)7)14-18-31(29)36(27)38(33)40-37(32)35(23)34-20-24(2)25(3)22-39(34)4/h8-22H,1-7H3/q+1/i2D3,3D3. The van der Waals surface area contributed by atoms with Crippen LogP contribution >= 0.6 is 0 Å². The summed E-state index contributed by atoms with van der Waals surface area (Å²) in [6, 6.07) is 29.6. The molecule has 7 aromatic rings. The SMILES string of the molecule is [2H]C([2H])([2H])c1cc(-c2c(C)ccc3c2oc2c3ccc3ccc4cc(-c5ccc([Si](C)(C)C)cc5)ccc4c32)[n+](C)cc1C([2H])([2H])[2H]. The van der Waals surface area contributed by atoms with Gasteiger partial charge in [-0.05, 0) is 71.2 Å². The molecule has 0 aliphatic heterocycles. The van der Waals surface area contributed by atoms with E-state index in [-0.39, 0.29) is 11.1 Å². The van der Waals surface area contributed by atoms with Gasteiger partial charge in [0.2, 0.25) is 5.69 Å². The highest BCUT2D eigenvalue weighted by Crippen LogP contribution is 2.42. The predicted octanol–water partition coefficient (Wildman–Crippen LogP) is 9.52. The molecule has 5 aromatic carbocycles. The Kier molecular flexibility index (Phi) is 4.42. The van der Waals surface area contributed by atoms with E-state index < -0.39 is 21.8 Å². The van der Waals surface area contributed by atoms with E-state index in [1.54, 1.807) is 11.6 Å². The van der Waals surface area contributed by atoms with Crippen LogP contribution in [0.25, 0.3) is 65.9 Å². The fourth-order valence-electron chi connectivity index (χ4n) is 6.10. The molecule has 0 radical (unpaired) electrons. The van der Waals surface area contributed by atoms with Crippen LogP contribution < -0.4 is 9.75 Å². The first-order valence-electron chi connectivity index (χ1n) is 17.0. The first kappa shape index (κ1) is 19.8. The Balaban J connectivity index is 1.46. The second-order valence-electron chi connectivity index (χ2n) is 12.2. The van der Waals surface area contributed by atoms with Gasteiger partial charge in [0, 0.05) is 36.0 Å². The van der Waals surface area contributed by atoms with Crippen LogP contribution in [-0.4, -0.2) is 8.07 Å². The first-order chi connectivity index (χ1) is 22.0. The van der Waals surface area contributed by atoms with Crippen molar-refractivity contribution in [1.82, 2.24) is 0 Å². The van der Waals surface area contributed by atoms with Crippen molar-refractivity contribution in [2.24, 2.45) is 7.05 Å². The Morgan fingerprint density at radius 3 is 2.07 bits per heavy atom. The second-order valence-corrected chi connectivity index (χ2v) is 17.3. The third-order valence-corrected chi connectivity index (χ3v) is 10.5. The molecule has 2 aromatic heterocycles. The van der Waals surface area contributed by atoms with Crippen LogP contribution in [0.5, 0.6) is 0 Å². The Bertz CT molecular complexity index is 2380. The van der Waals surface area contributed by atoms with Crippen LogP contribution in [0, 0.1) is 20.6 Å². The van der Waals surface area contributed by atoms with E-state index in [0.717, 1.165) is 54.6 Å². The quantitative estimate of drug-likeness (QED) is 0.120. The number of rotatable bonds is 3. The Morgan fingerprint density at radius 1 is 0.659 bits per heavy atom. The molecule has 0 spiro atoms. The fraction of sp³-hybridized carbons (Fsp3) is 0.184. The van der Waals surface area contributed by atoms with Crippen molar-refractivity contribution in [3.63, 3.8) is 0 Å². The van der Waals surface area contributed by atoms with E-state index in [1.807, 2.05) is 19.1 Å². The molecule has 0 N–H and O–H groups in total. The lowest BCUT2D eigenvalue weighted by Gasteiger charge is -2.17. The van der Waals surface area contributed by atoms with Crippen molar-refractivity contribution in [2.45, 2.75) is 40.3 Å². The summed E-state index contributed by atoms with van der Waals surface area (Å²) in [5.74, 6) is 0. The van der Waals surface area contributed by atoms with Gasteiger partial charge in [0.1, 0.15) is 18.2 Å². The van der Waals surface area contributed by atoms with Crippen molar-refractivity contribution in [3.8, 4) is 22.4 Å². The largest absolute Gasteiger partial charge is 0.454 e. The van der Waals surface area contributed by atoms with Crippen molar-refractivity contribution < 1.29 is 17.2 Å². The lowest BCUT2D eigenvalue weighted by molar-refractivity contribution is -0.660. The van der Waals surface area contributed by atoms with Crippen molar-refractivity contribution in [1.29, 1.82) is 0 Å². The molecule has 2 heterocycles. The lowest BCUT2D eigenvalue weighted by atomic mass is 9.95. The number of aromatic nitrogens is 1. The number of hydrogen-bond acceptors (Lipinski definition) is 1. The monoisotopic (exact) mass is 556 g/mol. The summed E-state index contributed by atoms with van der Waals surface area (Å²) in [7, 11) is 0.358. The summed E-state index contributed by atoms with van der Waals surface area (Å²) < 4.78 is 57.0. The lowest BCUT2D eigenvalue weighted by Crippen LogP contribution is -2.37. The number of pyridine rings is 1. The number of hydrogen-bond donors (Lipinski definition) is 0. The molecule has 202 valence electrons. The highest BCUT2D eigenvalue weighted by atomic mass is 28.3. The number of aryl methyl sites for hydroxylation is 4. The van der Waals surface area contributed by atoms with Crippen LogP contribution in [0.4, 0.5) is 0 Å². The zero-order valence-corrected chi connectivity index (χ0v) is 25.0. The van der Waals surface area contributed by atoms with Gasteiger partial charge in [0.05, 0.1) is 13.6 Å². The third-order valence-electron chi connectivity index (χ3n) is 8.43. The van der Waals surface area contributed by atoms with Gasteiger partial charge in [-0.25, -0.2) is 4.57 Å². The molecule has 0 bridgehead atoms. The van der Waals surface area contributed by atoms with Gasteiger partial charge < -0.3 is 4.42 Å². The molecule has 0 aliphatic carbocycles. The third kappa shape index (κ3) is 4.10. The van der Waals surface area contributed by atoms with E-state index in [1.165, 1.54) is 23.0 Å². The summed E-state index contributed by atoms with van der Waals surface area (Å²) in [6.07, 6.45) is 1.42. The highest BCUT2D eigenvalue weighted by Gasteiger charge is 2.23. The number of nitrogens with zero attached hydrogens (tertiary/aromatic N) is 1. The molecule has 2 nitrogen and oxygen atoms in total. The minimum atomic E-state index is -2.60. The summed E-state index contributed by atoms with van der Waals surface area (Å²) in [6.45, 7) is 3.86. The smallest absolute Gasteiger partial charge is 0.216 e. The maximum atomic E-state index is 8.15. The minimum Gasteiger partial charge on any atom is -0.454 e. The number of benzene rings is 5. The van der Waals surface area contributed by atoms with Gasteiger partial charge in [-0.3, -0.25) is 0 Å². The van der Waals surface area contributed by atoms with E-state index in [2.05, 4.69) is 86.4 Å². The van der Waals surface area contributed by atoms with E-state index in [0.29, 0.717) is 11.3 Å². The Labute approximate surface area is 251 Å². The minimum absolute atomic E-state index is 0.179. The molecule has 7 rings (SSSR count). The average molecular weight is 557 g/mol. The molecule has 0 atom stereocenters. The zero-order chi connectivity index (χ0) is 33.6. The van der Waals surface area contributed by atoms with Gasteiger partial charge in [-0.2, -0.15) is 0 Å². The highest BCUT2D eigenvalue weighted by molar-refractivity contribution is 6.88. The summed E-state index contributed by atoms with van der Waals surface area (Å²) in [5, 5.41) is 7.59. The van der Waals surface area contributed by atoms with Crippen molar-refractivity contribution in [2.75, 3.05) is 0 Å². The Morgan fingerprint density at radius 2 is 1.32 bits per heavy atom. The molecule has 41 heavy (non-hydrogen) atoms. The van der Waals surface area contributed by atoms with Crippen LogP contribution in [-0.2, 0) is 7.05 Å². The number of fused-ring (bicyclic) bond motifs is 7. The average Bonchev–Trinajstić information content (AvgIpc) is 3.38. The van der Waals surface area contributed by atoms with Gasteiger partial charge in [0.15, 0.2) is 6.20 Å². The van der Waals surface area contributed by atoms with Crippen LogP contribution in [0.1, 0.15) is 24.9 Å². The molecule has 0 fully saturated rings. The molecular weight excluding hydrogens is 515 g/mol. The topological polar surface area (TPSA) is 17.0 Å². The van der Waals surface area contributed by atoms with Crippen LogP contribution in [0.3, 0.4) is 0 Å². The van der Waals surface area contributed by atoms with Crippen LogP contribution in [0.15, 0.2) is 95.5 Å². The molecule has 0 saturated carbocycles. The fourth-order valence-corrected chi connectivity index (χ4v) is 7.27. The van der Waals surface area contributed by atoms with Crippen molar-refractivity contribution in [3.05, 3.63) is 108 Å². The maximum absolute atomic E-state index is 8.15. The zero-order valence-electron chi connectivity index (χ0n) is 30.0. The van der Waals surface area contributed by atoms with E-state index >= 15 is 0 Å². The molecule has 0 aliphatic rings. The summed E-state index contributed by atoms with van der Waals surface area (Å²) in [5.41, 5.74) is 5.59. The molecular formula is C38H36NOSi+. The van der Waals surface area contributed by atoms with Gasteiger partial charge in [-0.15, -0.1) is 0 Å². The first-order valence-corrected chi connectivity index (χ1v) is 17.5. The second kappa shape index (κ2) is 9.15. The Hall–Kier alpha value is -4.21. The normalized spacial score (nSPS) is 15.0. The predicted molar refractivity (Wildman–Crippen MR) is 178 cm³/mol. The molecule has 0 saturated heterocycles. The molecule has 0 unspecified atom stereocenters. The van der Waals surface area contributed by atoms with Crippen molar-refractivity contribution >= 4 is 56.7 Å². The maximum Gasteiger partial charge on any atom is 0.216 e. The van der Waals surface area contributed by atoms with Gasteiger partial charge in [-0.1, -0.05) is 91.6 Å². The molecule has 0 amide bonds.